The standard InChI is InChI=1S/C16H22N2OS/c1-11-6-3-4-9-14(11)18(2)16(19)13-8-5-7-12(10-13)15(17)20/h5,7-8,10-11,14H,3-4,6,9H2,1-2H3,(H2,17,20). The maximum Gasteiger partial charge on any atom is 0.253 e. The van der Waals surface area contributed by atoms with E-state index in [2.05, 4.69) is 6.92 Å². The van der Waals surface area contributed by atoms with Gasteiger partial charge in [-0.2, -0.15) is 0 Å². The Bertz CT molecular complexity index is 515. The summed E-state index contributed by atoms with van der Waals surface area (Å²) in [7, 11) is 1.91. The average molecular weight is 290 g/mol. The van der Waals surface area contributed by atoms with E-state index < -0.39 is 0 Å². The average Bonchev–Trinajstić information content (AvgIpc) is 2.46. The minimum absolute atomic E-state index is 0.0573. The third kappa shape index (κ3) is 3.18. The molecule has 1 aromatic carbocycles. The quantitative estimate of drug-likeness (QED) is 0.871. The molecular weight excluding hydrogens is 268 g/mol. The van der Waals surface area contributed by atoms with Crippen molar-refractivity contribution in [3.05, 3.63) is 35.4 Å². The molecule has 1 amide bonds. The zero-order valence-electron chi connectivity index (χ0n) is 12.1. The fourth-order valence-corrected chi connectivity index (χ4v) is 3.16. The second kappa shape index (κ2) is 6.35. The van der Waals surface area contributed by atoms with Crippen molar-refractivity contribution in [3.8, 4) is 0 Å². The summed E-state index contributed by atoms with van der Waals surface area (Å²) in [6, 6.07) is 7.62. The van der Waals surface area contributed by atoms with Crippen molar-refractivity contribution in [1.29, 1.82) is 0 Å². The molecule has 3 nitrogen and oxygen atoms in total. The van der Waals surface area contributed by atoms with Crippen LogP contribution in [0.4, 0.5) is 0 Å². The molecule has 20 heavy (non-hydrogen) atoms. The van der Waals surface area contributed by atoms with Crippen LogP contribution in [0.2, 0.25) is 0 Å². The Morgan fingerprint density at radius 2 is 1.95 bits per heavy atom. The number of rotatable bonds is 3. The first-order valence-electron chi connectivity index (χ1n) is 7.17. The van der Waals surface area contributed by atoms with Gasteiger partial charge in [0.2, 0.25) is 0 Å². The highest BCUT2D eigenvalue weighted by atomic mass is 32.1. The van der Waals surface area contributed by atoms with E-state index in [9.17, 15) is 4.79 Å². The second-order valence-corrected chi connectivity index (χ2v) is 6.13. The number of nitrogens with two attached hydrogens (primary N) is 1. The first-order valence-corrected chi connectivity index (χ1v) is 7.58. The van der Waals surface area contributed by atoms with Gasteiger partial charge >= 0.3 is 0 Å². The molecule has 0 saturated heterocycles. The third-order valence-corrected chi connectivity index (χ3v) is 4.51. The highest BCUT2D eigenvalue weighted by molar-refractivity contribution is 7.80. The zero-order chi connectivity index (χ0) is 14.7. The number of nitrogens with zero attached hydrogens (tertiary/aromatic N) is 1. The molecule has 2 atom stereocenters. The van der Waals surface area contributed by atoms with Crippen molar-refractivity contribution in [2.75, 3.05) is 7.05 Å². The van der Waals surface area contributed by atoms with E-state index in [1.165, 1.54) is 19.3 Å². The monoisotopic (exact) mass is 290 g/mol. The molecule has 0 spiro atoms. The fourth-order valence-electron chi connectivity index (χ4n) is 3.03. The van der Waals surface area contributed by atoms with Crippen molar-refractivity contribution in [2.24, 2.45) is 11.7 Å². The second-order valence-electron chi connectivity index (χ2n) is 5.69. The normalized spacial score (nSPS) is 22.3. The minimum atomic E-state index is 0.0573. The highest BCUT2D eigenvalue weighted by Crippen LogP contribution is 2.28. The van der Waals surface area contributed by atoms with E-state index in [4.69, 9.17) is 18.0 Å². The van der Waals surface area contributed by atoms with Crippen molar-refractivity contribution in [3.63, 3.8) is 0 Å². The summed E-state index contributed by atoms with van der Waals surface area (Å²) in [6.07, 6.45) is 4.78. The topological polar surface area (TPSA) is 46.3 Å². The summed E-state index contributed by atoms with van der Waals surface area (Å²) in [5.41, 5.74) is 7.04. The fraction of sp³-hybridized carbons (Fsp3) is 0.500. The summed E-state index contributed by atoms with van der Waals surface area (Å²) in [5, 5.41) is 0. The Hall–Kier alpha value is -1.42. The van der Waals surface area contributed by atoms with Gasteiger partial charge in [-0.05, 0) is 30.9 Å². The molecule has 2 unspecified atom stereocenters. The van der Waals surface area contributed by atoms with Gasteiger partial charge in [0.05, 0.1) is 0 Å². The number of amides is 1. The highest BCUT2D eigenvalue weighted by Gasteiger charge is 2.28. The largest absolute Gasteiger partial charge is 0.389 e. The van der Waals surface area contributed by atoms with Crippen LogP contribution in [0.15, 0.2) is 24.3 Å². The third-order valence-electron chi connectivity index (χ3n) is 4.28. The van der Waals surface area contributed by atoms with Gasteiger partial charge in [-0.3, -0.25) is 4.79 Å². The van der Waals surface area contributed by atoms with Gasteiger partial charge in [0.25, 0.3) is 5.91 Å². The lowest BCUT2D eigenvalue weighted by molar-refractivity contribution is 0.0629. The van der Waals surface area contributed by atoms with Gasteiger partial charge in [-0.25, -0.2) is 0 Å². The van der Waals surface area contributed by atoms with Crippen LogP contribution in [0, 0.1) is 5.92 Å². The molecular formula is C16H22N2OS. The van der Waals surface area contributed by atoms with Gasteiger partial charge in [0, 0.05) is 24.2 Å². The van der Waals surface area contributed by atoms with E-state index in [1.54, 1.807) is 6.07 Å². The lowest BCUT2D eigenvalue weighted by Gasteiger charge is -2.36. The van der Waals surface area contributed by atoms with Gasteiger partial charge in [0.15, 0.2) is 0 Å². The maximum absolute atomic E-state index is 12.6. The first-order chi connectivity index (χ1) is 9.50. The molecule has 108 valence electrons. The van der Waals surface area contributed by atoms with Gasteiger partial charge in [-0.15, -0.1) is 0 Å². The van der Waals surface area contributed by atoms with E-state index in [0.29, 0.717) is 22.5 Å². The van der Waals surface area contributed by atoms with Crippen molar-refractivity contribution >= 4 is 23.1 Å². The minimum Gasteiger partial charge on any atom is -0.389 e. The summed E-state index contributed by atoms with van der Waals surface area (Å²) >= 11 is 4.97. The summed E-state index contributed by atoms with van der Waals surface area (Å²) in [6.45, 7) is 2.24. The van der Waals surface area contributed by atoms with Gasteiger partial charge in [0.1, 0.15) is 4.99 Å². The molecule has 0 aliphatic heterocycles. The molecule has 0 radical (unpaired) electrons. The summed E-state index contributed by atoms with van der Waals surface area (Å²) in [4.78, 5) is 14.8. The van der Waals surface area contributed by atoms with Crippen LogP contribution in [-0.2, 0) is 0 Å². The van der Waals surface area contributed by atoms with Crippen molar-refractivity contribution in [1.82, 2.24) is 4.90 Å². The Morgan fingerprint density at radius 3 is 2.60 bits per heavy atom. The van der Waals surface area contributed by atoms with Crippen LogP contribution >= 0.6 is 12.2 Å². The van der Waals surface area contributed by atoms with Crippen LogP contribution in [0.25, 0.3) is 0 Å². The molecule has 1 aromatic rings. The SMILES string of the molecule is CC1CCCCC1N(C)C(=O)c1cccc(C(N)=S)c1. The molecule has 1 aliphatic rings. The summed E-state index contributed by atoms with van der Waals surface area (Å²) in [5.74, 6) is 0.623. The van der Waals surface area contributed by atoms with Crippen LogP contribution in [0.3, 0.4) is 0 Å². The molecule has 2 rings (SSSR count). The van der Waals surface area contributed by atoms with E-state index in [1.807, 2.05) is 30.1 Å². The number of benzene rings is 1. The number of thiocarbonyl (C=S) groups is 1. The van der Waals surface area contributed by atoms with Crippen LogP contribution in [0.5, 0.6) is 0 Å². The van der Waals surface area contributed by atoms with Crippen molar-refractivity contribution < 1.29 is 4.79 Å². The molecule has 1 saturated carbocycles. The smallest absolute Gasteiger partial charge is 0.253 e. The maximum atomic E-state index is 12.6. The Morgan fingerprint density at radius 1 is 1.30 bits per heavy atom. The molecule has 1 fully saturated rings. The van der Waals surface area contributed by atoms with Crippen LogP contribution in [-0.4, -0.2) is 28.9 Å². The Labute approximate surface area is 126 Å². The summed E-state index contributed by atoms with van der Waals surface area (Å²) < 4.78 is 0. The molecule has 0 bridgehead atoms. The van der Waals surface area contributed by atoms with Crippen LogP contribution in [0.1, 0.15) is 48.5 Å². The lowest BCUT2D eigenvalue weighted by Crippen LogP contribution is -2.42. The Kier molecular flexibility index (Phi) is 4.76. The van der Waals surface area contributed by atoms with E-state index in [0.717, 1.165) is 12.0 Å². The molecule has 0 heterocycles. The Balaban J connectivity index is 2.17. The number of carbonyl (C=O) groups excluding carboxylic acids is 1. The van der Waals surface area contributed by atoms with Gasteiger partial charge < -0.3 is 10.6 Å². The predicted octanol–water partition coefficient (Wildman–Crippen LogP) is 2.97. The van der Waals surface area contributed by atoms with Crippen molar-refractivity contribution in [2.45, 2.75) is 38.6 Å². The number of hydrogen-bond acceptors (Lipinski definition) is 2. The van der Waals surface area contributed by atoms with Gasteiger partial charge in [-0.1, -0.05) is 44.1 Å². The molecule has 1 aliphatic carbocycles. The molecule has 2 N–H and O–H groups in total. The number of carbonyl (C=O) groups is 1. The first kappa shape index (κ1) is 15.0. The molecule has 4 heteroatoms. The van der Waals surface area contributed by atoms with E-state index >= 15 is 0 Å². The predicted molar refractivity (Wildman–Crippen MR) is 85.8 cm³/mol. The lowest BCUT2D eigenvalue weighted by atomic mass is 9.85. The molecule has 0 aromatic heterocycles. The van der Waals surface area contributed by atoms with Crippen LogP contribution < -0.4 is 5.73 Å². The zero-order valence-corrected chi connectivity index (χ0v) is 13.0. The number of hydrogen-bond donors (Lipinski definition) is 1. The van der Waals surface area contributed by atoms with E-state index in [-0.39, 0.29) is 5.91 Å².